The Bertz CT molecular complexity index is 1240. The number of esters is 1. The number of thiophene rings is 1. The molecule has 3 aromatic rings. The van der Waals surface area contributed by atoms with Crippen molar-refractivity contribution in [1.82, 2.24) is 4.57 Å². The molecule has 0 fully saturated rings. The maximum atomic E-state index is 12.9. The fourth-order valence-corrected chi connectivity index (χ4v) is 5.74. The van der Waals surface area contributed by atoms with Crippen LogP contribution in [-0.2, 0) is 24.1 Å². The minimum Gasteiger partial charge on any atom is -0.454 e. The van der Waals surface area contributed by atoms with Gasteiger partial charge < -0.3 is 18.8 Å². The van der Waals surface area contributed by atoms with E-state index in [0.29, 0.717) is 22.9 Å². The molecule has 1 aromatic carbocycles. The molecule has 0 N–H and O–H groups in total. The first-order valence-corrected chi connectivity index (χ1v) is 12.1. The van der Waals surface area contributed by atoms with Crippen molar-refractivity contribution in [2.45, 2.75) is 46.6 Å². The summed E-state index contributed by atoms with van der Waals surface area (Å²) in [4.78, 5) is 27.3. The molecule has 33 heavy (non-hydrogen) atoms. The molecule has 172 valence electrons. The van der Waals surface area contributed by atoms with Gasteiger partial charge in [0.15, 0.2) is 18.1 Å². The highest BCUT2D eigenvalue weighted by Crippen LogP contribution is 2.34. The van der Waals surface area contributed by atoms with Crippen LogP contribution in [0.3, 0.4) is 0 Å². The number of ether oxygens (including phenoxy) is 3. The Balaban J connectivity index is 1.25. The summed E-state index contributed by atoms with van der Waals surface area (Å²) >= 11 is 1.50. The molecule has 0 amide bonds. The minimum absolute atomic E-state index is 0.191. The molecule has 1 atom stereocenters. The molecule has 0 saturated carbocycles. The van der Waals surface area contributed by atoms with Crippen molar-refractivity contribution in [1.29, 1.82) is 0 Å². The molecule has 0 saturated heterocycles. The monoisotopic (exact) mass is 465 g/mol. The molecular weight excluding hydrogens is 438 g/mol. The molecule has 3 heterocycles. The lowest BCUT2D eigenvalue weighted by Gasteiger charge is -2.16. The summed E-state index contributed by atoms with van der Waals surface area (Å²) < 4.78 is 18.3. The number of hydrogen-bond donors (Lipinski definition) is 0. The van der Waals surface area contributed by atoms with E-state index in [1.54, 1.807) is 0 Å². The topological polar surface area (TPSA) is 66.8 Å². The van der Waals surface area contributed by atoms with Crippen LogP contribution in [0.25, 0.3) is 0 Å². The fourth-order valence-electron chi connectivity index (χ4n) is 4.63. The lowest BCUT2D eigenvalue weighted by molar-refractivity contribution is 0.0479. The summed E-state index contributed by atoms with van der Waals surface area (Å²) in [5, 5.41) is 0. The van der Waals surface area contributed by atoms with Crippen LogP contribution in [0.15, 0.2) is 30.3 Å². The van der Waals surface area contributed by atoms with E-state index in [0.717, 1.165) is 47.7 Å². The van der Waals surface area contributed by atoms with E-state index in [2.05, 4.69) is 11.5 Å². The Kier molecular flexibility index (Phi) is 5.74. The second-order valence-electron chi connectivity index (χ2n) is 8.96. The summed E-state index contributed by atoms with van der Waals surface area (Å²) in [6.45, 7) is 6.72. The molecule has 1 unspecified atom stereocenters. The summed E-state index contributed by atoms with van der Waals surface area (Å²) in [6.07, 6.45) is 3.18. The number of aromatic nitrogens is 1. The van der Waals surface area contributed by atoms with E-state index < -0.39 is 5.97 Å². The van der Waals surface area contributed by atoms with Crippen molar-refractivity contribution >= 4 is 23.1 Å². The highest BCUT2D eigenvalue weighted by Gasteiger charge is 2.23. The molecule has 0 spiro atoms. The number of fused-ring (bicyclic) bond motifs is 2. The van der Waals surface area contributed by atoms with Gasteiger partial charge >= 0.3 is 5.97 Å². The van der Waals surface area contributed by atoms with Crippen LogP contribution in [0.5, 0.6) is 11.5 Å². The third kappa shape index (κ3) is 4.29. The molecule has 2 aromatic heterocycles. The molecule has 5 rings (SSSR count). The van der Waals surface area contributed by atoms with Gasteiger partial charge in [-0.15, -0.1) is 11.3 Å². The van der Waals surface area contributed by atoms with Crippen LogP contribution < -0.4 is 9.47 Å². The van der Waals surface area contributed by atoms with Crippen LogP contribution in [-0.4, -0.2) is 29.7 Å². The van der Waals surface area contributed by atoms with Gasteiger partial charge in [0, 0.05) is 28.4 Å². The van der Waals surface area contributed by atoms with Gasteiger partial charge in [0.1, 0.15) is 4.88 Å². The highest BCUT2D eigenvalue weighted by atomic mass is 32.1. The molecule has 0 bridgehead atoms. The van der Waals surface area contributed by atoms with Gasteiger partial charge in [0.2, 0.25) is 12.6 Å². The van der Waals surface area contributed by atoms with Crippen molar-refractivity contribution in [3.05, 3.63) is 68.2 Å². The Morgan fingerprint density at radius 3 is 2.82 bits per heavy atom. The zero-order valence-electron chi connectivity index (χ0n) is 19.1. The lowest BCUT2D eigenvalue weighted by Crippen LogP contribution is -2.14. The average Bonchev–Trinajstić information content (AvgIpc) is 3.50. The third-order valence-corrected chi connectivity index (χ3v) is 7.73. The first-order chi connectivity index (χ1) is 15.9. The lowest BCUT2D eigenvalue weighted by atomic mass is 9.90. The third-order valence-electron chi connectivity index (χ3n) is 6.52. The number of Topliss-reactive ketones (excluding diaryl/α,β-unsaturated/α-hetero) is 1. The number of rotatable bonds is 6. The van der Waals surface area contributed by atoms with Gasteiger partial charge in [-0.25, -0.2) is 4.79 Å². The summed E-state index contributed by atoms with van der Waals surface area (Å²) in [5.41, 5.74) is 4.72. The van der Waals surface area contributed by atoms with Crippen LogP contribution in [0.2, 0.25) is 0 Å². The number of benzene rings is 1. The van der Waals surface area contributed by atoms with Gasteiger partial charge in [0.05, 0.1) is 0 Å². The molecule has 1 aliphatic carbocycles. The van der Waals surface area contributed by atoms with E-state index in [4.69, 9.17) is 14.2 Å². The second kappa shape index (κ2) is 8.71. The highest BCUT2D eigenvalue weighted by molar-refractivity contribution is 7.14. The molecule has 6 nitrogen and oxygen atoms in total. The molecule has 7 heteroatoms. The van der Waals surface area contributed by atoms with E-state index >= 15 is 0 Å². The molecular formula is C26H27NO5S. The number of aryl methyl sites for hydroxylation is 2. The number of carbonyl (C=O) groups is 2. The van der Waals surface area contributed by atoms with E-state index in [1.165, 1.54) is 21.8 Å². The Morgan fingerprint density at radius 1 is 1.15 bits per heavy atom. The smallest absolute Gasteiger partial charge is 0.348 e. The predicted octanol–water partition coefficient (Wildman–Crippen LogP) is 5.11. The van der Waals surface area contributed by atoms with Crippen LogP contribution in [0, 0.1) is 19.8 Å². The first-order valence-electron chi connectivity index (χ1n) is 11.3. The summed E-state index contributed by atoms with van der Waals surface area (Å²) in [7, 11) is 0. The fraction of sp³-hybridized carbons (Fsp3) is 0.385. The van der Waals surface area contributed by atoms with Crippen LogP contribution in [0.1, 0.15) is 60.8 Å². The standard InChI is InChI=1S/C26H27NO5S/c1-15-4-7-24-19(8-15)11-25(33-24)26(29)30-13-21(28)20-9-16(2)27(17(20)3)12-18-5-6-22-23(10-18)32-14-31-22/h5-6,9-11,15H,4,7-8,12-14H2,1-3H3. The Labute approximate surface area is 197 Å². The number of hydrogen-bond acceptors (Lipinski definition) is 6. The van der Waals surface area contributed by atoms with Crippen molar-refractivity contribution < 1.29 is 23.8 Å². The average molecular weight is 466 g/mol. The largest absolute Gasteiger partial charge is 0.454 e. The molecule has 0 radical (unpaired) electrons. The van der Waals surface area contributed by atoms with Gasteiger partial charge in [-0.3, -0.25) is 4.79 Å². The zero-order valence-corrected chi connectivity index (χ0v) is 19.9. The van der Waals surface area contributed by atoms with E-state index in [1.807, 2.05) is 44.2 Å². The number of nitrogens with zero attached hydrogens (tertiary/aromatic N) is 1. The Morgan fingerprint density at radius 2 is 1.97 bits per heavy atom. The van der Waals surface area contributed by atoms with Gasteiger partial charge in [-0.2, -0.15) is 0 Å². The number of ketones is 1. The minimum atomic E-state index is -0.412. The normalized spacial score (nSPS) is 16.5. The molecule has 2 aliphatic rings. The number of carbonyl (C=O) groups excluding carboxylic acids is 2. The maximum absolute atomic E-state index is 12.9. The summed E-state index contributed by atoms with van der Waals surface area (Å²) in [5.74, 6) is 1.53. The zero-order chi connectivity index (χ0) is 23.1. The van der Waals surface area contributed by atoms with E-state index in [9.17, 15) is 9.59 Å². The predicted molar refractivity (Wildman–Crippen MR) is 126 cm³/mol. The van der Waals surface area contributed by atoms with Gasteiger partial charge in [-0.1, -0.05) is 13.0 Å². The van der Waals surface area contributed by atoms with Gasteiger partial charge in [-0.05, 0) is 74.4 Å². The quantitative estimate of drug-likeness (QED) is 0.374. The van der Waals surface area contributed by atoms with Crippen molar-refractivity contribution in [3.63, 3.8) is 0 Å². The van der Waals surface area contributed by atoms with Crippen LogP contribution in [0.4, 0.5) is 0 Å². The van der Waals surface area contributed by atoms with Crippen molar-refractivity contribution in [2.75, 3.05) is 13.4 Å². The van der Waals surface area contributed by atoms with Crippen LogP contribution >= 0.6 is 11.3 Å². The van der Waals surface area contributed by atoms with Gasteiger partial charge in [0.25, 0.3) is 0 Å². The van der Waals surface area contributed by atoms with Crippen molar-refractivity contribution in [3.8, 4) is 11.5 Å². The first kappa shape index (κ1) is 21.8. The SMILES string of the molecule is Cc1cc(C(=O)COC(=O)c2cc3c(s2)CCC(C)C3)c(C)n1Cc1ccc2c(c1)OCO2. The maximum Gasteiger partial charge on any atom is 0.348 e. The second-order valence-corrected chi connectivity index (χ2v) is 10.1. The Hall–Kier alpha value is -3.06. The van der Waals surface area contributed by atoms with E-state index in [-0.39, 0.29) is 19.2 Å². The molecule has 1 aliphatic heterocycles. The van der Waals surface area contributed by atoms with Crippen molar-refractivity contribution in [2.24, 2.45) is 5.92 Å². The summed E-state index contributed by atoms with van der Waals surface area (Å²) in [6, 6.07) is 9.67.